The summed E-state index contributed by atoms with van der Waals surface area (Å²) in [5.74, 6) is -2.58. The third-order valence-electron chi connectivity index (χ3n) is 5.33. The number of nitro benzene ring substituents is 1. The Morgan fingerprint density at radius 1 is 1.24 bits per heavy atom. The van der Waals surface area contributed by atoms with Crippen molar-refractivity contribution >= 4 is 34.7 Å². The molecule has 1 saturated heterocycles. The molecule has 174 valence electrons. The zero-order valence-electron chi connectivity index (χ0n) is 18.3. The van der Waals surface area contributed by atoms with E-state index in [1.165, 1.54) is 31.2 Å². The average Bonchev–Trinajstić information content (AvgIpc) is 2.76. The molecule has 0 saturated carbocycles. The molecule has 33 heavy (non-hydrogen) atoms. The van der Waals surface area contributed by atoms with E-state index in [-0.39, 0.29) is 22.5 Å². The van der Waals surface area contributed by atoms with Crippen LogP contribution in [-0.4, -0.2) is 42.3 Å². The van der Waals surface area contributed by atoms with Crippen LogP contribution in [0.2, 0.25) is 0 Å². The molecule has 1 amide bonds. The first-order valence-corrected chi connectivity index (χ1v) is 10.5. The maximum Gasteiger partial charge on any atom is 0.338 e. The summed E-state index contributed by atoms with van der Waals surface area (Å²) >= 11 is 0. The van der Waals surface area contributed by atoms with Gasteiger partial charge in [0.05, 0.1) is 16.1 Å². The third kappa shape index (κ3) is 5.91. The molecule has 10 heteroatoms. The van der Waals surface area contributed by atoms with Gasteiger partial charge in [0, 0.05) is 31.8 Å². The van der Waals surface area contributed by atoms with Crippen molar-refractivity contribution in [2.75, 3.05) is 29.9 Å². The van der Waals surface area contributed by atoms with Crippen molar-refractivity contribution < 1.29 is 28.4 Å². The van der Waals surface area contributed by atoms with E-state index in [2.05, 4.69) is 12.2 Å². The van der Waals surface area contributed by atoms with Crippen LogP contribution in [-0.2, 0) is 9.53 Å². The van der Waals surface area contributed by atoms with Crippen LogP contribution in [0.3, 0.4) is 0 Å². The summed E-state index contributed by atoms with van der Waals surface area (Å²) in [7, 11) is 0. The number of hydrogen-bond donors (Lipinski definition) is 1. The van der Waals surface area contributed by atoms with Crippen molar-refractivity contribution in [2.45, 2.75) is 26.7 Å². The monoisotopic (exact) mass is 457 g/mol. The molecule has 0 spiro atoms. The Bertz CT molecular complexity index is 1100. The first-order valence-electron chi connectivity index (χ1n) is 10.5. The van der Waals surface area contributed by atoms with Gasteiger partial charge >= 0.3 is 5.97 Å². The maximum atomic E-state index is 14.2. The Morgan fingerprint density at radius 2 is 2.00 bits per heavy atom. The summed E-state index contributed by atoms with van der Waals surface area (Å²) in [6.45, 7) is 3.98. The molecule has 0 bridgehead atoms. The van der Waals surface area contributed by atoms with Crippen LogP contribution in [0.5, 0.6) is 0 Å². The number of ketones is 1. The van der Waals surface area contributed by atoms with E-state index in [9.17, 15) is 28.9 Å². The highest BCUT2D eigenvalue weighted by Crippen LogP contribution is 2.32. The van der Waals surface area contributed by atoms with Gasteiger partial charge in [-0.2, -0.15) is 0 Å². The molecule has 2 aromatic rings. The lowest BCUT2D eigenvalue weighted by Crippen LogP contribution is -2.34. The fraction of sp³-hybridized carbons (Fsp3) is 0.348. The van der Waals surface area contributed by atoms with Crippen LogP contribution in [0.4, 0.5) is 21.5 Å². The van der Waals surface area contributed by atoms with Gasteiger partial charge in [0.1, 0.15) is 11.5 Å². The number of nitrogens with zero attached hydrogens (tertiary/aromatic N) is 2. The molecule has 9 nitrogen and oxygen atoms in total. The molecule has 1 unspecified atom stereocenters. The number of amides is 1. The second-order valence-electron chi connectivity index (χ2n) is 8.03. The number of carbonyl (C=O) groups is 3. The molecule has 1 atom stereocenters. The number of ether oxygens (including phenoxy) is 1. The number of piperidine rings is 1. The summed E-state index contributed by atoms with van der Waals surface area (Å²) < 4.78 is 19.2. The lowest BCUT2D eigenvalue weighted by molar-refractivity contribution is -0.384. The molecular formula is C23H24FN3O6. The summed E-state index contributed by atoms with van der Waals surface area (Å²) in [5.41, 5.74) is 0.0104. The summed E-state index contributed by atoms with van der Waals surface area (Å²) in [6, 6.07) is 7.57. The largest absolute Gasteiger partial charge is 0.454 e. The lowest BCUT2D eigenvalue weighted by Gasteiger charge is -2.32. The Hall–Kier alpha value is -3.82. The van der Waals surface area contributed by atoms with Crippen molar-refractivity contribution in [3.05, 3.63) is 63.5 Å². The molecule has 1 heterocycles. The average molecular weight is 457 g/mol. The quantitative estimate of drug-likeness (QED) is 0.289. The predicted molar refractivity (Wildman–Crippen MR) is 119 cm³/mol. The fourth-order valence-electron chi connectivity index (χ4n) is 3.79. The molecule has 1 N–H and O–H groups in total. The number of benzene rings is 2. The van der Waals surface area contributed by atoms with Crippen LogP contribution in [0.1, 0.15) is 47.4 Å². The fourth-order valence-corrected chi connectivity index (χ4v) is 3.79. The summed E-state index contributed by atoms with van der Waals surface area (Å²) in [5, 5.41) is 14.0. The first-order chi connectivity index (χ1) is 15.7. The minimum atomic E-state index is -0.930. The minimum absolute atomic E-state index is 0.0789. The van der Waals surface area contributed by atoms with E-state index in [1.54, 1.807) is 0 Å². The Kier molecular flexibility index (Phi) is 7.37. The zero-order valence-corrected chi connectivity index (χ0v) is 18.3. The van der Waals surface area contributed by atoms with Gasteiger partial charge in [0.2, 0.25) is 11.7 Å². The molecule has 0 radical (unpaired) electrons. The number of esters is 1. The number of nitro groups is 1. The Balaban J connectivity index is 1.70. The molecule has 0 aliphatic carbocycles. The van der Waals surface area contributed by atoms with Crippen LogP contribution >= 0.6 is 0 Å². The second-order valence-corrected chi connectivity index (χ2v) is 8.03. The first kappa shape index (κ1) is 23.8. The number of halogens is 1. The van der Waals surface area contributed by atoms with E-state index in [4.69, 9.17) is 4.74 Å². The SMILES string of the molecule is CC(=O)Nc1ccc(C(=O)COC(=O)c2ccc(N3CCCC(C)C3)c([N+](=O)[O-])c2)c(F)c1. The lowest BCUT2D eigenvalue weighted by atomic mass is 9.99. The van der Waals surface area contributed by atoms with Gasteiger partial charge in [-0.05, 0) is 49.1 Å². The molecule has 0 aromatic heterocycles. The van der Waals surface area contributed by atoms with Gasteiger partial charge in [-0.25, -0.2) is 9.18 Å². The molecule has 3 rings (SSSR count). The number of anilines is 2. The van der Waals surface area contributed by atoms with E-state index >= 15 is 0 Å². The highest BCUT2D eigenvalue weighted by atomic mass is 19.1. The predicted octanol–water partition coefficient (Wildman–Crippen LogP) is 3.97. The zero-order chi connectivity index (χ0) is 24.1. The molecular weight excluding hydrogens is 433 g/mol. The van der Waals surface area contributed by atoms with Gasteiger partial charge in [-0.15, -0.1) is 0 Å². The van der Waals surface area contributed by atoms with Crippen LogP contribution in [0.15, 0.2) is 36.4 Å². The second kappa shape index (κ2) is 10.2. The van der Waals surface area contributed by atoms with Gasteiger partial charge in [-0.1, -0.05) is 6.92 Å². The topological polar surface area (TPSA) is 119 Å². The van der Waals surface area contributed by atoms with Crippen molar-refractivity contribution in [3.63, 3.8) is 0 Å². The number of nitrogens with one attached hydrogen (secondary N) is 1. The normalized spacial score (nSPS) is 15.6. The molecule has 1 aliphatic rings. The van der Waals surface area contributed by atoms with Crippen molar-refractivity contribution in [2.24, 2.45) is 5.92 Å². The van der Waals surface area contributed by atoms with Crippen molar-refractivity contribution in [3.8, 4) is 0 Å². The minimum Gasteiger partial charge on any atom is -0.454 e. The number of carbonyl (C=O) groups excluding carboxylic acids is 3. The molecule has 2 aromatic carbocycles. The van der Waals surface area contributed by atoms with Gasteiger partial charge in [-0.3, -0.25) is 19.7 Å². The highest BCUT2D eigenvalue weighted by molar-refractivity contribution is 6.00. The van der Waals surface area contributed by atoms with Crippen LogP contribution in [0.25, 0.3) is 0 Å². The van der Waals surface area contributed by atoms with Crippen LogP contribution < -0.4 is 10.2 Å². The smallest absolute Gasteiger partial charge is 0.338 e. The number of hydrogen-bond acceptors (Lipinski definition) is 7. The van der Waals surface area contributed by atoms with E-state index in [0.29, 0.717) is 24.7 Å². The van der Waals surface area contributed by atoms with Gasteiger partial charge < -0.3 is 15.0 Å². The van der Waals surface area contributed by atoms with Gasteiger partial charge in [0.15, 0.2) is 6.61 Å². The van der Waals surface area contributed by atoms with E-state index in [1.807, 2.05) is 4.90 Å². The standard InChI is InChI=1S/C23H24FN3O6/c1-14-4-3-9-26(12-14)20-8-5-16(10-21(20)27(31)32)23(30)33-13-22(29)18-7-6-17(11-19(18)24)25-15(2)28/h5-8,10-11,14H,3-4,9,12-13H2,1-2H3,(H,25,28). The van der Waals surface area contributed by atoms with Gasteiger partial charge in [0.25, 0.3) is 5.69 Å². The third-order valence-corrected chi connectivity index (χ3v) is 5.33. The summed E-state index contributed by atoms with van der Waals surface area (Å²) in [4.78, 5) is 48.7. The van der Waals surface area contributed by atoms with E-state index < -0.39 is 35.0 Å². The van der Waals surface area contributed by atoms with Crippen molar-refractivity contribution in [1.29, 1.82) is 0 Å². The highest BCUT2D eigenvalue weighted by Gasteiger charge is 2.26. The molecule has 1 fully saturated rings. The molecule has 1 aliphatic heterocycles. The van der Waals surface area contributed by atoms with Crippen molar-refractivity contribution in [1.82, 2.24) is 0 Å². The van der Waals surface area contributed by atoms with E-state index in [0.717, 1.165) is 25.0 Å². The summed E-state index contributed by atoms with van der Waals surface area (Å²) in [6.07, 6.45) is 1.98. The number of rotatable bonds is 7. The maximum absolute atomic E-state index is 14.2. The Labute approximate surface area is 189 Å². The Morgan fingerprint density at radius 3 is 2.64 bits per heavy atom. The van der Waals surface area contributed by atoms with Crippen LogP contribution in [0, 0.1) is 21.8 Å². The number of Topliss-reactive ketones (excluding diaryl/α,β-unsaturated/α-hetero) is 1.